The Balaban J connectivity index is 1.98. The van der Waals surface area contributed by atoms with Crippen LogP contribution >= 0.6 is 0 Å². The van der Waals surface area contributed by atoms with Gasteiger partial charge in [-0.05, 0) is 18.2 Å². The molecule has 194 valence electrons. The normalized spacial score (nSPS) is 24.0. The number of ether oxygens (including phenoxy) is 4. The molecule has 2 aromatic carbocycles. The number of aliphatic hydroxyl groups excluding tert-OH is 4. The molecule has 1 saturated heterocycles. The standard InChI is InChI=1S/C23H24O13/c1-32-12-5-8(3-4-9(12)25)19-22(36-23-18(31)17(30)15(28)13(7-24)34-23)16(29)14-10(26)6-11(27)20(33-2)21(14)35-19/h3-6,13,15,17-18,23-28,30-31H,7H2,1-2H3/t13-,15-,17-,18+,23-/m0/s1. The molecule has 3 aromatic rings. The summed E-state index contributed by atoms with van der Waals surface area (Å²) in [5, 5.41) is 70.1. The first-order valence-electron chi connectivity index (χ1n) is 10.6. The van der Waals surface area contributed by atoms with Gasteiger partial charge in [0.2, 0.25) is 23.2 Å². The van der Waals surface area contributed by atoms with Gasteiger partial charge >= 0.3 is 0 Å². The molecule has 0 unspecified atom stereocenters. The third-order valence-corrected chi connectivity index (χ3v) is 5.77. The summed E-state index contributed by atoms with van der Waals surface area (Å²) in [7, 11) is 2.49. The number of benzene rings is 2. The minimum absolute atomic E-state index is 0.000225. The summed E-state index contributed by atoms with van der Waals surface area (Å²) in [6.07, 6.45) is -8.42. The van der Waals surface area contributed by atoms with Crippen molar-refractivity contribution in [2.45, 2.75) is 30.7 Å². The third-order valence-electron chi connectivity index (χ3n) is 5.77. The van der Waals surface area contributed by atoms with Gasteiger partial charge in [0.25, 0.3) is 0 Å². The molecule has 0 amide bonds. The predicted octanol–water partition coefficient (Wildman–Crippen LogP) is -0.227. The second kappa shape index (κ2) is 9.72. The zero-order valence-corrected chi connectivity index (χ0v) is 19.0. The van der Waals surface area contributed by atoms with E-state index >= 15 is 0 Å². The summed E-state index contributed by atoms with van der Waals surface area (Å²) in [5.74, 6) is -2.62. The molecule has 13 heteroatoms. The van der Waals surface area contributed by atoms with Gasteiger partial charge in [0.1, 0.15) is 35.6 Å². The Hall–Kier alpha value is -3.75. The molecule has 4 rings (SSSR count). The molecule has 13 nitrogen and oxygen atoms in total. The lowest BCUT2D eigenvalue weighted by Crippen LogP contribution is -2.60. The van der Waals surface area contributed by atoms with Gasteiger partial charge in [-0.3, -0.25) is 4.79 Å². The van der Waals surface area contributed by atoms with E-state index in [1.807, 2.05) is 0 Å². The van der Waals surface area contributed by atoms with E-state index in [1.165, 1.54) is 32.4 Å². The van der Waals surface area contributed by atoms with E-state index in [0.29, 0.717) is 0 Å². The second-order valence-electron chi connectivity index (χ2n) is 7.94. The molecular weight excluding hydrogens is 484 g/mol. The maximum absolute atomic E-state index is 13.6. The number of aliphatic hydroxyl groups is 4. The Morgan fingerprint density at radius 3 is 2.25 bits per heavy atom. The zero-order valence-electron chi connectivity index (χ0n) is 19.0. The molecule has 0 saturated carbocycles. The molecule has 1 fully saturated rings. The molecule has 1 aliphatic heterocycles. The summed E-state index contributed by atoms with van der Waals surface area (Å²) in [6.45, 7) is -0.740. The van der Waals surface area contributed by atoms with Crippen molar-refractivity contribution in [3.63, 3.8) is 0 Å². The molecule has 36 heavy (non-hydrogen) atoms. The number of rotatable bonds is 6. The molecular formula is C23H24O13. The fourth-order valence-corrected chi connectivity index (χ4v) is 3.89. The van der Waals surface area contributed by atoms with Gasteiger partial charge in [-0.25, -0.2) is 0 Å². The van der Waals surface area contributed by atoms with Crippen LogP contribution in [0, 0.1) is 0 Å². The molecule has 0 bridgehead atoms. The van der Waals surface area contributed by atoms with Crippen LogP contribution in [0.2, 0.25) is 0 Å². The van der Waals surface area contributed by atoms with E-state index in [1.54, 1.807) is 0 Å². The molecule has 7 N–H and O–H groups in total. The number of phenols is 3. The maximum Gasteiger partial charge on any atom is 0.239 e. The van der Waals surface area contributed by atoms with Gasteiger partial charge in [-0.1, -0.05) is 0 Å². The number of hydrogen-bond acceptors (Lipinski definition) is 13. The van der Waals surface area contributed by atoms with Crippen molar-refractivity contribution < 1.29 is 59.1 Å². The molecule has 1 aliphatic rings. The SMILES string of the molecule is COc1cc(-c2oc3c(OC)c(O)cc(O)c3c(=O)c2O[C@@H]2O[C@@H](CO)[C@H](O)[C@H](O)[C@H]2O)ccc1O. The molecule has 2 heterocycles. The first-order chi connectivity index (χ1) is 17.1. The topological polar surface area (TPSA) is 209 Å². The fourth-order valence-electron chi connectivity index (χ4n) is 3.89. The van der Waals surface area contributed by atoms with Crippen molar-refractivity contribution in [1.82, 2.24) is 0 Å². The lowest BCUT2D eigenvalue weighted by molar-refractivity contribution is -0.277. The lowest BCUT2D eigenvalue weighted by atomic mass is 9.99. The monoisotopic (exact) mass is 508 g/mol. The number of phenolic OH excluding ortho intramolecular Hbond substituents is 3. The second-order valence-corrected chi connectivity index (χ2v) is 7.94. The van der Waals surface area contributed by atoms with E-state index in [4.69, 9.17) is 23.4 Å². The zero-order chi connectivity index (χ0) is 26.3. The highest BCUT2D eigenvalue weighted by atomic mass is 16.7. The van der Waals surface area contributed by atoms with Crippen LogP contribution in [0.5, 0.6) is 34.5 Å². The first kappa shape index (κ1) is 25.3. The van der Waals surface area contributed by atoms with Crippen LogP contribution in [0.1, 0.15) is 0 Å². The Morgan fingerprint density at radius 2 is 1.61 bits per heavy atom. The highest BCUT2D eigenvalue weighted by molar-refractivity contribution is 5.93. The Kier molecular flexibility index (Phi) is 6.84. The Morgan fingerprint density at radius 1 is 0.889 bits per heavy atom. The third kappa shape index (κ3) is 4.12. The van der Waals surface area contributed by atoms with Crippen molar-refractivity contribution in [2.75, 3.05) is 20.8 Å². The minimum Gasteiger partial charge on any atom is -0.507 e. The van der Waals surface area contributed by atoms with Gasteiger partial charge in [-0.15, -0.1) is 0 Å². The average Bonchev–Trinajstić information content (AvgIpc) is 2.85. The van der Waals surface area contributed by atoms with Crippen molar-refractivity contribution in [3.8, 4) is 45.8 Å². The van der Waals surface area contributed by atoms with Crippen LogP contribution < -0.4 is 19.6 Å². The van der Waals surface area contributed by atoms with Gasteiger partial charge in [-0.2, -0.15) is 0 Å². The van der Waals surface area contributed by atoms with Crippen LogP contribution in [-0.2, 0) is 4.74 Å². The molecule has 5 atom stereocenters. The summed E-state index contributed by atoms with van der Waals surface area (Å²) in [6, 6.07) is 4.75. The van der Waals surface area contributed by atoms with E-state index in [2.05, 4.69) is 0 Å². The van der Waals surface area contributed by atoms with Crippen LogP contribution in [0.25, 0.3) is 22.3 Å². The highest BCUT2D eigenvalue weighted by Crippen LogP contribution is 2.44. The van der Waals surface area contributed by atoms with Gasteiger partial charge < -0.3 is 59.1 Å². The molecule has 1 aromatic heterocycles. The number of aromatic hydroxyl groups is 3. The number of fused-ring (bicyclic) bond motifs is 1. The Bertz CT molecular complexity index is 1330. The summed E-state index contributed by atoms with van der Waals surface area (Å²) >= 11 is 0. The van der Waals surface area contributed by atoms with Crippen LogP contribution in [0.15, 0.2) is 33.5 Å². The van der Waals surface area contributed by atoms with Gasteiger partial charge in [0.05, 0.1) is 20.8 Å². The minimum atomic E-state index is -1.86. The maximum atomic E-state index is 13.6. The van der Waals surface area contributed by atoms with Gasteiger partial charge in [0.15, 0.2) is 28.6 Å². The van der Waals surface area contributed by atoms with Crippen LogP contribution in [-0.4, -0.2) is 87.3 Å². The summed E-state index contributed by atoms with van der Waals surface area (Å²) in [5.41, 5.74) is -1.21. The molecule has 0 spiro atoms. The molecule has 0 aliphatic carbocycles. The lowest BCUT2D eigenvalue weighted by Gasteiger charge is -2.39. The first-order valence-corrected chi connectivity index (χ1v) is 10.6. The fraction of sp³-hybridized carbons (Fsp3) is 0.348. The van der Waals surface area contributed by atoms with E-state index in [9.17, 15) is 40.5 Å². The van der Waals surface area contributed by atoms with E-state index in [0.717, 1.165) is 6.07 Å². The van der Waals surface area contributed by atoms with Crippen molar-refractivity contribution in [1.29, 1.82) is 0 Å². The average molecular weight is 508 g/mol. The number of methoxy groups -OCH3 is 2. The van der Waals surface area contributed by atoms with E-state index < -0.39 is 65.4 Å². The largest absolute Gasteiger partial charge is 0.507 e. The van der Waals surface area contributed by atoms with Crippen molar-refractivity contribution >= 4 is 11.0 Å². The van der Waals surface area contributed by atoms with Crippen LogP contribution in [0.3, 0.4) is 0 Å². The summed E-state index contributed by atoms with van der Waals surface area (Å²) in [4.78, 5) is 13.6. The van der Waals surface area contributed by atoms with Gasteiger partial charge in [0, 0.05) is 11.6 Å². The predicted molar refractivity (Wildman–Crippen MR) is 120 cm³/mol. The van der Waals surface area contributed by atoms with Crippen molar-refractivity contribution in [3.05, 3.63) is 34.5 Å². The number of hydrogen-bond donors (Lipinski definition) is 7. The highest BCUT2D eigenvalue weighted by Gasteiger charge is 2.45. The quantitative estimate of drug-likeness (QED) is 0.230. The van der Waals surface area contributed by atoms with E-state index in [-0.39, 0.29) is 34.2 Å². The van der Waals surface area contributed by atoms with Crippen molar-refractivity contribution in [2.24, 2.45) is 0 Å². The summed E-state index contributed by atoms with van der Waals surface area (Å²) < 4.78 is 27.1. The van der Waals surface area contributed by atoms with Crippen LogP contribution in [0.4, 0.5) is 0 Å². The Labute approximate surface area is 202 Å². The molecule has 0 radical (unpaired) electrons. The smallest absolute Gasteiger partial charge is 0.239 e.